The van der Waals surface area contributed by atoms with Gasteiger partial charge in [-0.05, 0) is 24.6 Å². The summed E-state index contributed by atoms with van der Waals surface area (Å²) in [6, 6.07) is 3.96. The summed E-state index contributed by atoms with van der Waals surface area (Å²) in [6.45, 7) is 2.02. The minimum Gasteiger partial charge on any atom is -0.221 e. The molecule has 0 N–H and O–H groups in total. The second kappa shape index (κ2) is 2.75. The van der Waals surface area contributed by atoms with Gasteiger partial charge in [-0.1, -0.05) is 0 Å². The Hall–Kier alpha value is -1.09. The SMILES string of the molecule is Cc1ccn2nc(CCl)nc2c1. The van der Waals surface area contributed by atoms with Crippen molar-refractivity contribution >= 4 is 17.2 Å². The number of aryl methyl sites for hydroxylation is 1. The van der Waals surface area contributed by atoms with E-state index in [9.17, 15) is 0 Å². The summed E-state index contributed by atoms with van der Waals surface area (Å²) in [6.07, 6.45) is 1.88. The first kappa shape index (κ1) is 7.55. The molecule has 2 aromatic rings. The van der Waals surface area contributed by atoms with Crippen molar-refractivity contribution in [3.8, 4) is 0 Å². The lowest BCUT2D eigenvalue weighted by molar-refractivity contribution is 0.921. The van der Waals surface area contributed by atoms with Gasteiger partial charge in [0.15, 0.2) is 11.5 Å². The molecule has 2 heterocycles. The van der Waals surface area contributed by atoms with Gasteiger partial charge >= 0.3 is 0 Å². The number of hydrogen-bond donors (Lipinski definition) is 0. The molecule has 2 rings (SSSR count). The zero-order valence-electron chi connectivity index (χ0n) is 6.66. The van der Waals surface area contributed by atoms with E-state index in [1.54, 1.807) is 4.52 Å². The van der Waals surface area contributed by atoms with Crippen LogP contribution in [0.4, 0.5) is 0 Å². The summed E-state index contributed by atoms with van der Waals surface area (Å²) in [7, 11) is 0. The van der Waals surface area contributed by atoms with E-state index in [1.807, 2.05) is 25.3 Å². The van der Waals surface area contributed by atoms with Crippen molar-refractivity contribution < 1.29 is 0 Å². The quantitative estimate of drug-likeness (QED) is 0.628. The van der Waals surface area contributed by atoms with Gasteiger partial charge in [0.1, 0.15) is 0 Å². The summed E-state index contributed by atoms with van der Waals surface area (Å²) in [5.74, 6) is 1.03. The van der Waals surface area contributed by atoms with Crippen LogP contribution in [-0.2, 0) is 5.88 Å². The first-order chi connectivity index (χ1) is 5.79. The van der Waals surface area contributed by atoms with Crippen LogP contribution in [0.15, 0.2) is 18.3 Å². The van der Waals surface area contributed by atoms with Crippen LogP contribution in [0, 0.1) is 6.92 Å². The topological polar surface area (TPSA) is 30.2 Å². The maximum Gasteiger partial charge on any atom is 0.166 e. The molecule has 0 radical (unpaired) electrons. The fraction of sp³-hybridized carbons (Fsp3) is 0.250. The smallest absolute Gasteiger partial charge is 0.166 e. The summed E-state index contributed by atoms with van der Waals surface area (Å²) in [5, 5.41) is 4.15. The molecule has 0 saturated heterocycles. The van der Waals surface area contributed by atoms with Crippen LogP contribution in [-0.4, -0.2) is 14.6 Å². The van der Waals surface area contributed by atoms with Crippen LogP contribution in [0.25, 0.3) is 5.65 Å². The Labute approximate surface area is 75.0 Å². The molecule has 0 aliphatic rings. The summed E-state index contributed by atoms with van der Waals surface area (Å²) >= 11 is 5.60. The van der Waals surface area contributed by atoms with Crippen molar-refractivity contribution in [2.75, 3.05) is 0 Å². The van der Waals surface area contributed by atoms with Crippen molar-refractivity contribution in [2.24, 2.45) is 0 Å². The molecular formula is C8H8ClN3. The Morgan fingerprint density at radius 1 is 1.58 bits per heavy atom. The molecular weight excluding hydrogens is 174 g/mol. The third kappa shape index (κ3) is 1.16. The third-order valence-corrected chi connectivity index (χ3v) is 1.90. The van der Waals surface area contributed by atoms with Gasteiger partial charge < -0.3 is 0 Å². The molecule has 3 nitrogen and oxygen atoms in total. The van der Waals surface area contributed by atoms with Crippen molar-refractivity contribution in [1.29, 1.82) is 0 Å². The number of aromatic nitrogens is 3. The number of halogens is 1. The van der Waals surface area contributed by atoms with Crippen LogP contribution < -0.4 is 0 Å². The van der Waals surface area contributed by atoms with Crippen LogP contribution >= 0.6 is 11.6 Å². The maximum atomic E-state index is 5.60. The van der Waals surface area contributed by atoms with Crippen molar-refractivity contribution in [3.05, 3.63) is 29.7 Å². The Bertz CT molecular complexity index is 408. The average Bonchev–Trinajstić information content (AvgIpc) is 2.46. The molecule has 12 heavy (non-hydrogen) atoms. The maximum absolute atomic E-state index is 5.60. The van der Waals surface area contributed by atoms with Crippen LogP contribution in [0.3, 0.4) is 0 Å². The van der Waals surface area contributed by atoms with E-state index < -0.39 is 0 Å². The Balaban J connectivity index is 2.67. The van der Waals surface area contributed by atoms with Crippen LogP contribution in [0.2, 0.25) is 0 Å². The highest BCUT2D eigenvalue weighted by Gasteiger charge is 2.00. The van der Waals surface area contributed by atoms with Crippen molar-refractivity contribution in [1.82, 2.24) is 14.6 Å². The predicted octanol–water partition coefficient (Wildman–Crippen LogP) is 1.78. The van der Waals surface area contributed by atoms with Gasteiger partial charge in [0, 0.05) is 6.20 Å². The largest absolute Gasteiger partial charge is 0.221 e. The van der Waals surface area contributed by atoms with Crippen molar-refractivity contribution in [3.63, 3.8) is 0 Å². The van der Waals surface area contributed by atoms with E-state index in [-0.39, 0.29) is 0 Å². The van der Waals surface area contributed by atoms with Crippen LogP contribution in [0.1, 0.15) is 11.4 Å². The minimum absolute atomic E-state index is 0.362. The molecule has 0 aromatic carbocycles. The van der Waals surface area contributed by atoms with Gasteiger partial charge in [-0.15, -0.1) is 11.6 Å². The van der Waals surface area contributed by atoms with Gasteiger partial charge in [0.05, 0.1) is 5.88 Å². The van der Waals surface area contributed by atoms with E-state index in [4.69, 9.17) is 11.6 Å². The second-order valence-corrected chi connectivity index (χ2v) is 2.94. The van der Waals surface area contributed by atoms with E-state index in [0.29, 0.717) is 11.7 Å². The van der Waals surface area contributed by atoms with Gasteiger partial charge in [-0.3, -0.25) is 0 Å². The zero-order valence-corrected chi connectivity index (χ0v) is 7.41. The molecule has 0 atom stereocenters. The molecule has 0 fully saturated rings. The number of fused-ring (bicyclic) bond motifs is 1. The molecule has 62 valence electrons. The first-order valence-electron chi connectivity index (χ1n) is 3.67. The highest BCUT2D eigenvalue weighted by atomic mass is 35.5. The van der Waals surface area contributed by atoms with Gasteiger partial charge in [-0.2, -0.15) is 5.10 Å². The highest BCUT2D eigenvalue weighted by Crippen LogP contribution is 2.05. The molecule has 0 aliphatic heterocycles. The highest BCUT2D eigenvalue weighted by molar-refractivity contribution is 6.16. The molecule has 0 saturated carbocycles. The molecule has 0 aliphatic carbocycles. The lowest BCUT2D eigenvalue weighted by Crippen LogP contribution is -1.86. The molecule has 0 amide bonds. The molecule has 0 spiro atoms. The van der Waals surface area contributed by atoms with E-state index >= 15 is 0 Å². The monoisotopic (exact) mass is 181 g/mol. The Morgan fingerprint density at radius 3 is 3.17 bits per heavy atom. The molecule has 0 bridgehead atoms. The van der Waals surface area contributed by atoms with Gasteiger partial charge in [0.25, 0.3) is 0 Å². The summed E-state index contributed by atoms with van der Waals surface area (Å²) < 4.78 is 1.73. The zero-order chi connectivity index (χ0) is 8.55. The number of pyridine rings is 1. The number of nitrogens with zero attached hydrogens (tertiary/aromatic N) is 3. The number of rotatable bonds is 1. The van der Waals surface area contributed by atoms with Crippen molar-refractivity contribution in [2.45, 2.75) is 12.8 Å². The third-order valence-electron chi connectivity index (χ3n) is 1.66. The lowest BCUT2D eigenvalue weighted by atomic mass is 10.3. The minimum atomic E-state index is 0.362. The summed E-state index contributed by atoms with van der Waals surface area (Å²) in [4.78, 5) is 4.21. The molecule has 2 aromatic heterocycles. The number of hydrogen-bond acceptors (Lipinski definition) is 2. The van der Waals surface area contributed by atoms with E-state index in [0.717, 1.165) is 5.65 Å². The predicted molar refractivity (Wildman–Crippen MR) is 47.3 cm³/mol. The first-order valence-corrected chi connectivity index (χ1v) is 4.21. The van der Waals surface area contributed by atoms with E-state index in [2.05, 4.69) is 10.1 Å². The second-order valence-electron chi connectivity index (χ2n) is 2.67. The fourth-order valence-corrected chi connectivity index (χ4v) is 1.20. The fourth-order valence-electron chi connectivity index (χ4n) is 1.09. The van der Waals surface area contributed by atoms with Crippen LogP contribution in [0.5, 0.6) is 0 Å². The number of alkyl halides is 1. The Morgan fingerprint density at radius 2 is 2.42 bits per heavy atom. The lowest BCUT2D eigenvalue weighted by Gasteiger charge is -1.90. The van der Waals surface area contributed by atoms with E-state index in [1.165, 1.54) is 5.56 Å². The normalized spacial score (nSPS) is 10.8. The standard InChI is InChI=1S/C8H8ClN3/c1-6-2-3-12-8(4-6)10-7(5-9)11-12/h2-4H,5H2,1H3. The van der Waals surface area contributed by atoms with Gasteiger partial charge in [-0.25, -0.2) is 9.50 Å². The Kier molecular flexibility index (Phi) is 1.73. The average molecular weight is 182 g/mol. The molecule has 0 unspecified atom stereocenters. The molecule has 4 heteroatoms. The van der Waals surface area contributed by atoms with Gasteiger partial charge in [0.2, 0.25) is 0 Å². The summed E-state index contributed by atoms with van der Waals surface area (Å²) in [5.41, 5.74) is 2.03.